The van der Waals surface area contributed by atoms with Crippen molar-refractivity contribution in [1.82, 2.24) is 10.3 Å². The lowest BCUT2D eigenvalue weighted by Crippen LogP contribution is -2.23. The molecule has 26 heavy (non-hydrogen) atoms. The number of aromatic nitrogens is 1. The first-order valence-corrected chi connectivity index (χ1v) is 8.80. The third kappa shape index (κ3) is 3.16. The normalized spacial score (nSPS) is 11.0. The Labute approximate surface area is 152 Å². The summed E-state index contributed by atoms with van der Waals surface area (Å²) in [6, 6.07) is 11.6. The van der Waals surface area contributed by atoms with E-state index in [-0.39, 0.29) is 17.7 Å². The zero-order chi connectivity index (χ0) is 18.1. The van der Waals surface area contributed by atoms with Gasteiger partial charge in [0, 0.05) is 11.4 Å². The number of carbonyl (C=O) groups excluding carboxylic acids is 1. The molecule has 0 saturated heterocycles. The first-order chi connectivity index (χ1) is 12.6. The Morgan fingerprint density at radius 3 is 2.85 bits per heavy atom. The van der Waals surface area contributed by atoms with Crippen molar-refractivity contribution < 1.29 is 13.6 Å². The third-order valence-corrected chi connectivity index (χ3v) is 4.59. The molecule has 1 aromatic carbocycles. The Morgan fingerprint density at radius 1 is 1.19 bits per heavy atom. The van der Waals surface area contributed by atoms with Crippen LogP contribution in [-0.4, -0.2) is 10.9 Å². The maximum atomic E-state index is 12.3. The maximum absolute atomic E-state index is 12.3. The summed E-state index contributed by atoms with van der Waals surface area (Å²) in [5.74, 6) is 0.726. The van der Waals surface area contributed by atoms with Gasteiger partial charge in [-0.2, -0.15) is 0 Å². The molecule has 0 aliphatic heterocycles. The molecule has 0 aliphatic carbocycles. The molecule has 130 valence electrons. The number of fused-ring (bicyclic) bond motifs is 1. The second-order valence-electron chi connectivity index (χ2n) is 5.67. The van der Waals surface area contributed by atoms with Crippen LogP contribution in [0.5, 0.6) is 0 Å². The predicted octanol–water partition coefficient (Wildman–Crippen LogP) is 3.75. The van der Waals surface area contributed by atoms with E-state index in [2.05, 4.69) is 10.3 Å². The Morgan fingerprint density at radius 2 is 2.04 bits per heavy atom. The molecule has 1 amide bonds. The number of aryl methyl sites for hydroxylation is 1. The molecule has 1 N–H and O–H groups in total. The summed E-state index contributed by atoms with van der Waals surface area (Å²) >= 11 is 1.54. The van der Waals surface area contributed by atoms with Gasteiger partial charge in [0.25, 0.3) is 5.91 Å². The molecule has 0 aliphatic rings. The van der Waals surface area contributed by atoms with E-state index in [0.717, 1.165) is 10.7 Å². The number of carbonyl (C=O) groups is 1. The van der Waals surface area contributed by atoms with Crippen LogP contribution < -0.4 is 10.7 Å². The summed E-state index contributed by atoms with van der Waals surface area (Å²) < 4.78 is 11.2. The molecule has 0 fully saturated rings. The van der Waals surface area contributed by atoms with E-state index >= 15 is 0 Å². The number of nitrogens with zero attached hydrogens (tertiary/aromatic N) is 1. The molecule has 3 heterocycles. The molecule has 4 rings (SSSR count). The van der Waals surface area contributed by atoms with E-state index in [4.69, 9.17) is 8.83 Å². The van der Waals surface area contributed by atoms with E-state index in [1.54, 1.807) is 41.7 Å². The van der Waals surface area contributed by atoms with Gasteiger partial charge in [-0.1, -0.05) is 12.1 Å². The molecule has 0 radical (unpaired) electrons. The van der Waals surface area contributed by atoms with Crippen molar-refractivity contribution in [3.8, 4) is 11.5 Å². The van der Waals surface area contributed by atoms with Gasteiger partial charge in [-0.15, -0.1) is 11.3 Å². The molecule has 0 atom stereocenters. The van der Waals surface area contributed by atoms with Crippen molar-refractivity contribution in [2.45, 2.75) is 13.5 Å². The molecule has 6 nitrogen and oxygen atoms in total. The highest BCUT2D eigenvalue weighted by Crippen LogP contribution is 2.23. The van der Waals surface area contributed by atoms with Gasteiger partial charge < -0.3 is 14.2 Å². The van der Waals surface area contributed by atoms with Gasteiger partial charge in [0.2, 0.25) is 0 Å². The first kappa shape index (κ1) is 16.3. The average molecular weight is 366 g/mol. The lowest BCUT2D eigenvalue weighted by atomic mass is 10.2. The van der Waals surface area contributed by atoms with Crippen LogP contribution in [0.25, 0.3) is 22.4 Å². The summed E-state index contributed by atoms with van der Waals surface area (Å²) in [5.41, 5.74) is 0.895. The highest BCUT2D eigenvalue weighted by Gasteiger charge is 2.13. The maximum Gasteiger partial charge on any atom is 0.287 e. The molecular formula is C19H14N2O4S. The standard InChI is InChI=1S/C19H14N2O4S/c1-11-21-14(10-26-11)17-7-6-12(24-17)9-20-19(23)18-8-15(22)13-4-2-3-5-16(13)25-18/h2-8,10H,9H2,1H3,(H,20,23). The van der Waals surface area contributed by atoms with Crippen LogP contribution in [-0.2, 0) is 6.54 Å². The van der Waals surface area contributed by atoms with E-state index < -0.39 is 5.91 Å². The van der Waals surface area contributed by atoms with Gasteiger partial charge in [0.15, 0.2) is 16.9 Å². The van der Waals surface area contributed by atoms with E-state index in [9.17, 15) is 9.59 Å². The van der Waals surface area contributed by atoms with Crippen molar-refractivity contribution in [2.75, 3.05) is 0 Å². The van der Waals surface area contributed by atoms with Crippen LogP contribution in [0.15, 0.2) is 61.5 Å². The van der Waals surface area contributed by atoms with E-state index in [1.807, 2.05) is 18.4 Å². The number of thiazole rings is 1. The van der Waals surface area contributed by atoms with Gasteiger partial charge in [-0.3, -0.25) is 9.59 Å². The highest BCUT2D eigenvalue weighted by molar-refractivity contribution is 7.09. The first-order valence-electron chi connectivity index (χ1n) is 7.92. The third-order valence-electron chi connectivity index (χ3n) is 3.81. The number of para-hydroxylation sites is 1. The second-order valence-corrected chi connectivity index (χ2v) is 6.73. The van der Waals surface area contributed by atoms with Gasteiger partial charge >= 0.3 is 0 Å². The largest absolute Gasteiger partial charge is 0.458 e. The fourth-order valence-electron chi connectivity index (χ4n) is 2.56. The Bertz CT molecular complexity index is 1160. The van der Waals surface area contributed by atoms with E-state index in [0.29, 0.717) is 22.5 Å². The van der Waals surface area contributed by atoms with Crippen LogP contribution in [0.1, 0.15) is 21.3 Å². The minimum atomic E-state index is -0.477. The fraction of sp³-hybridized carbons (Fsp3) is 0.105. The molecule has 0 bridgehead atoms. The number of benzene rings is 1. The lowest BCUT2D eigenvalue weighted by Gasteiger charge is -2.04. The summed E-state index contributed by atoms with van der Waals surface area (Å²) in [5, 5.41) is 6.01. The van der Waals surface area contributed by atoms with Crippen molar-refractivity contribution in [3.05, 3.63) is 74.6 Å². The van der Waals surface area contributed by atoms with Crippen molar-refractivity contribution in [3.63, 3.8) is 0 Å². The zero-order valence-electron chi connectivity index (χ0n) is 13.8. The monoisotopic (exact) mass is 366 g/mol. The SMILES string of the molecule is Cc1nc(-c2ccc(CNC(=O)c3cc(=O)c4ccccc4o3)o2)cs1. The molecule has 0 saturated carbocycles. The number of furan rings is 1. The topological polar surface area (TPSA) is 85.3 Å². The van der Waals surface area contributed by atoms with E-state index in [1.165, 1.54) is 6.07 Å². The number of nitrogens with one attached hydrogen (secondary N) is 1. The molecule has 4 aromatic rings. The fourth-order valence-corrected chi connectivity index (χ4v) is 3.16. The van der Waals surface area contributed by atoms with Gasteiger partial charge in [-0.25, -0.2) is 4.98 Å². The lowest BCUT2D eigenvalue weighted by molar-refractivity contribution is 0.0921. The average Bonchev–Trinajstić information content (AvgIpc) is 3.28. The number of rotatable bonds is 4. The Kier molecular flexibility index (Phi) is 4.14. The van der Waals surface area contributed by atoms with Gasteiger partial charge in [-0.05, 0) is 31.2 Å². The van der Waals surface area contributed by atoms with Crippen LogP contribution in [0.4, 0.5) is 0 Å². The highest BCUT2D eigenvalue weighted by atomic mass is 32.1. The smallest absolute Gasteiger partial charge is 0.287 e. The van der Waals surface area contributed by atoms with Gasteiger partial charge in [0.05, 0.1) is 16.9 Å². The second kappa shape index (κ2) is 6.61. The number of hydrogen-bond acceptors (Lipinski definition) is 6. The van der Waals surface area contributed by atoms with Gasteiger partial charge in [0.1, 0.15) is 17.0 Å². The predicted molar refractivity (Wildman–Crippen MR) is 98.2 cm³/mol. The number of hydrogen-bond donors (Lipinski definition) is 1. The Hall–Kier alpha value is -3.19. The minimum Gasteiger partial charge on any atom is -0.458 e. The summed E-state index contributed by atoms with van der Waals surface area (Å²) in [6.45, 7) is 2.11. The molecule has 3 aromatic heterocycles. The summed E-state index contributed by atoms with van der Waals surface area (Å²) in [6.07, 6.45) is 0. The van der Waals surface area contributed by atoms with Crippen LogP contribution in [0.3, 0.4) is 0 Å². The minimum absolute atomic E-state index is 0.0318. The zero-order valence-corrected chi connectivity index (χ0v) is 14.6. The summed E-state index contributed by atoms with van der Waals surface area (Å²) in [4.78, 5) is 28.7. The molecule has 0 spiro atoms. The molecule has 0 unspecified atom stereocenters. The van der Waals surface area contributed by atoms with Crippen molar-refractivity contribution >= 4 is 28.2 Å². The molecular weight excluding hydrogens is 352 g/mol. The quantitative estimate of drug-likeness (QED) is 0.594. The van der Waals surface area contributed by atoms with Crippen molar-refractivity contribution in [1.29, 1.82) is 0 Å². The summed E-state index contributed by atoms with van der Waals surface area (Å²) in [7, 11) is 0. The van der Waals surface area contributed by atoms with Crippen LogP contribution in [0, 0.1) is 6.92 Å². The molecule has 7 heteroatoms. The van der Waals surface area contributed by atoms with Crippen LogP contribution in [0.2, 0.25) is 0 Å². The Balaban J connectivity index is 1.49. The number of amides is 1. The van der Waals surface area contributed by atoms with Crippen LogP contribution >= 0.6 is 11.3 Å². The van der Waals surface area contributed by atoms with Crippen molar-refractivity contribution in [2.24, 2.45) is 0 Å².